The summed E-state index contributed by atoms with van der Waals surface area (Å²) >= 11 is 6.19. The van der Waals surface area contributed by atoms with Crippen molar-refractivity contribution in [2.75, 3.05) is 19.0 Å². The molecule has 1 saturated carbocycles. The number of aryl methyl sites for hydroxylation is 3. The van der Waals surface area contributed by atoms with Gasteiger partial charge in [-0.1, -0.05) is 48.0 Å². The Kier molecular flexibility index (Phi) is 7.65. The Morgan fingerprint density at radius 3 is 2.27 bits per heavy atom. The Labute approximate surface area is 224 Å². The van der Waals surface area contributed by atoms with E-state index < -0.39 is 5.54 Å². The van der Waals surface area contributed by atoms with Crippen LogP contribution >= 0.6 is 11.6 Å². The molecule has 0 bridgehead atoms. The second-order valence-electron chi connectivity index (χ2n) is 10.1. The number of hydrogen-bond acceptors (Lipinski definition) is 4. The van der Waals surface area contributed by atoms with E-state index in [4.69, 9.17) is 16.3 Å². The number of esters is 1. The van der Waals surface area contributed by atoms with Gasteiger partial charge < -0.3 is 15.0 Å². The number of amides is 1. The van der Waals surface area contributed by atoms with Crippen molar-refractivity contribution < 1.29 is 14.3 Å². The Morgan fingerprint density at radius 2 is 1.68 bits per heavy atom. The molecule has 0 aromatic heterocycles. The van der Waals surface area contributed by atoms with Gasteiger partial charge in [0, 0.05) is 29.4 Å². The van der Waals surface area contributed by atoms with E-state index in [-0.39, 0.29) is 17.9 Å². The summed E-state index contributed by atoms with van der Waals surface area (Å²) in [5.74, 6) is -0.459. The Balaban J connectivity index is 1.56. The second kappa shape index (κ2) is 10.6. The van der Waals surface area contributed by atoms with Gasteiger partial charge in [-0.3, -0.25) is 4.79 Å². The number of halogens is 1. The predicted octanol–water partition coefficient (Wildman–Crippen LogP) is 7.27. The first-order valence-corrected chi connectivity index (χ1v) is 13.1. The van der Waals surface area contributed by atoms with Gasteiger partial charge in [-0.15, -0.1) is 0 Å². The molecule has 3 aromatic carbocycles. The Hall–Kier alpha value is -3.31. The van der Waals surface area contributed by atoms with Crippen LogP contribution in [0.15, 0.2) is 54.6 Å². The predicted molar refractivity (Wildman–Crippen MR) is 150 cm³/mol. The van der Waals surface area contributed by atoms with Crippen LogP contribution in [0.1, 0.15) is 65.3 Å². The van der Waals surface area contributed by atoms with E-state index in [0.717, 1.165) is 38.5 Å². The molecule has 0 heterocycles. The van der Waals surface area contributed by atoms with Crippen molar-refractivity contribution in [2.45, 2.75) is 59.0 Å². The molecule has 37 heavy (non-hydrogen) atoms. The highest BCUT2D eigenvalue weighted by molar-refractivity contribution is 6.31. The SMILES string of the molecule is CCOC(=O)C1(N(C)C(=O)c2c(C)cc(-c3cccc(N[C@H](C)c4ccc(Cl)c(C)c4)c3)cc2C)CC1. The number of carbonyl (C=O) groups is 2. The summed E-state index contributed by atoms with van der Waals surface area (Å²) in [6, 6.07) is 18.6. The normalized spacial score (nSPS) is 14.6. The van der Waals surface area contributed by atoms with Gasteiger partial charge in [0.2, 0.25) is 0 Å². The largest absolute Gasteiger partial charge is 0.464 e. The molecule has 194 valence electrons. The van der Waals surface area contributed by atoms with E-state index >= 15 is 0 Å². The van der Waals surface area contributed by atoms with Crippen LogP contribution in [0.5, 0.6) is 0 Å². The van der Waals surface area contributed by atoms with Crippen molar-refractivity contribution >= 4 is 29.2 Å². The van der Waals surface area contributed by atoms with Crippen molar-refractivity contribution in [1.29, 1.82) is 0 Å². The highest BCUT2D eigenvalue weighted by atomic mass is 35.5. The number of likely N-dealkylation sites (N-methyl/N-ethyl adjacent to an activating group) is 1. The van der Waals surface area contributed by atoms with Crippen LogP contribution in [0.2, 0.25) is 5.02 Å². The van der Waals surface area contributed by atoms with Crippen molar-refractivity contribution in [3.8, 4) is 11.1 Å². The Bertz CT molecular complexity index is 1320. The zero-order valence-electron chi connectivity index (χ0n) is 22.4. The van der Waals surface area contributed by atoms with Crippen LogP contribution in [0.3, 0.4) is 0 Å². The maximum absolute atomic E-state index is 13.5. The number of nitrogens with one attached hydrogen (secondary N) is 1. The third-order valence-electron chi connectivity index (χ3n) is 7.33. The topological polar surface area (TPSA) is 58.6 Å². The molecule has 0 unspecified atom stereocenters. The lowest BCUT2D eigenvalue weighted by Gasteiger charge is -2.27. The van der Waals surface area contributed by atoms with Crippen molar-refractivity contribution in [3.63, 3.8) is 0 Å². The lowest BCUT2D eigenvalue weighted by molar-refractivity contribution is -0.149. The number of ether oxygens (including phenoxy) is 1. The van der Waals surface area contributed by atoms with Crippen LogP contribution < -0.4 is 5.32 Å². The quantitative estimate of drug-likeness (QED) is 0.318. The van der Waals surface area contributed by atoms with Crippen molar-refractivity contribution in [2.24, 2.45) is 0 Å². The maximum Gasteiger partial charge on any atom is 0.332 e. The monoisotopic (exact) mass is 518 g/mol. The minimum absolute atomic E-state index is 0.111. The molecule has 0 spiro atoms. The minimum Gasteiger partial charge on any atom is -0.464 e. The third-order valence-corrected chi connectivity index (χ3v) is 7.76. The zero-order chi connectivity index (χ0) is 26.9. The first-order chi connectivity index (χ1) is 17.6. The van der Waals surface area contributed by atoms with Crippen LogP contribution in [0.4, 0.5) is 5.69 Å². The molecule has 1 aliphatic rings. The molecular formula is C31H35ClN2O3. The highest BCUT2D eigenvalue weighted by Gasteiger charge is 2.56. The van der Waals surface area contributed by atoms with Crippen LogP contribution in [0, 0.1) is 20.8 Å². The summed E-state index contributed by atoms with van der Waals surface area (Å²) in [6.45, 7) is 10.1. The summed E-state index contributed by atoms with van der Waals surface area (Å²) in [7, 11) is 1.71. The molecule has 0 saturated heterocycles. The number of benzene rings is 3. The number of rotatable bonds is 8. The molecule has 3 aromatic rings. The van der Waals surface area contributed by atoms with E-state index in [1.807, 2.05) is 51.1 Å². The summed E-state index contributed by atoms with van der Waals surface area (Å²) in [6.07, 6.45) is 1.27. The van der Waals surface area contributed by atoms with Crippen LogP contribution in [-0.2, 0) is 9.53 Å². The summed E-state index contributed by atoms with van der Waals surface area (Å²) in [5, 5.41) is 4.35. The molecule has 0 radical (unpaired) electrons. The van der Waals surface area contributed by atoms with E-state index in [2.05, 4.69) is 36.5 Å². The average Bonchev–Trinajstić information content (AvgIpc) is 3.67. The van der Waals surface area contributed by atoms with Gasteiger partial charge in [0.05, 0.1) is 6.61 Å². The molecule has 1 N–H and O–H groups in total. The number of carbonyl (C=O) groups excluding carboxylic acids is 2. The first-order valence-electron chi connectivity index (χ1n) is 12.8. The highest BCUT2D eigenvalue weighted by Crippen LogP contribution is 2.43. The standard InChI is InChI=1S/C31H35ClN2O3/c1-7-37-30(36)31(13-14-31)34(6)29(35)28-20(3)16-25(17-21(28)4)24-9-8-10-26(18-24)33-22(5)23-11-12-27(32)19(2)15-23/h8-12,15-18,22,33H,7,13-14H2,1-6H3/t22-/m1/s1. The lowest BCUT2D eigenvalue weighted by atomic mass is 9.94. The number of hydrogen-bond donors (Lipinski definition) is 1. The first kappa shape index (κ1) is 26.7. The third kappa shape index (κ3) is 5.37. The molecule has 4 rings (SSSR count). The number of anilines is 1. The second-order valence-corrected chi connectivity index (χ2v) is 10.5. The fourth-order valence-electron chi connectivity index (χ4n) is 4.95. The van der Waals surface area contributed by atoms with Crippen molar-refractivity contribution in [3.05, 3.63) is 87.4 Å². The smallest absolute Gasteiger partial charge is 0.332 e. The molecule has 6 heteroatoms. The van der Waals surface area contributed by atoms with Gasteiger partial charge in [-0.25, -0.2) is 4.79 Å². The lowest BCUT2D eigenvalue weighted by Crippen LogP contribution is -2.46. The van der Waals surface area contributed by atoms with Gasteiger partial charge in [0.1, 0.15) is 5.54 Å². The molecular weight excluding hydrogens is 484 g/mol. The van der Waals surface area contributed by atoms with Gasteiger partial charge in [0.15, 0.2) is 0 Å². The number of nitrogens with zero attached hydrogens (tertiary/aromatic N) is 1. The molecule has 5 nitrogen and oxygen atoms in total. The molecule has 1 fully saturated rings. The average molecular weight is 519 g/mol. The summed E-state index contributed by atoms with van der Waals surface area (Å²) < 4.78 is 5.25. The van der Waals surface area contributed by atoms with E-state index in [9.17, 15) is 9.59 Å². The fraction of sp³-hybridized carbons (Fsp3) is 0.355. The van der Waals surface area contributed by atoms with E-state index in [0.29, 0.717) is 25.0 Å². The molecule has 1 amide bonds. The van der Waals surface area contributed by atoms with Gasteiger partial charge in [-0.05, 0) is 99.0 Å². The summed E-state index contributed by atoms with van der Waals surface area (Å²) in [4.78, 5) is 27.6. The Morgan fingerprint density at radius 1 is 1.00 bits per heavy atom. The fourth-order valence-corrected chi connectivity index (χ4v) is 5.07. The zero-order valence-corrected chi connectivity index (χ0v) is 23.2. The van der Waals surface area contributed by atoms with Crippen LogP contribution in [0.25, 0.3) is 11.1 Å². The molecule has 1 atom stereocenters. The van der Waals surface area contributed by atoms with Gasteiger partial charge in [-0.2, -0.15) is 0 Å². The van der Waals surface area contributed by atoms with Crippen LogP contribution in [-0.4, -0.2) is 36.0 Å². The molecule has 1 aliphatic carbocycles. The van der Waals surface area contributed by atoms with E-state index in [1.54, 1.807) is 18.9 Å². The van der Waals surface area contributed by atoms with E-state index in [1.165, 1.54) is 5.56 Å². The van der Waals surface area contributed by atoms with Crippen molar-refractivity contribution in [1.82, 2.24) is 4.90 Å². The minimum atomic E-state index is -0.829. The maximum atomic E-state index is 13.5. The molecule has 0 aliphatic heterocycles. The van der Waals surface area contributed by atoms with Gasteiger partial charge >= 0.3 is 5.97 Å². The summed E-state index contributed by atoms with van der Waals surface area (Å²) in [5.41, 5.74) is 6.92. The van der Waals surface area contributed by atoms with Gasteiger partial charge in [0.25, 0.3) is 5.91 Å².